The van der Waals surface area contributed by atoms with E-state index in [0.29, 0.717) is 16.1 Å². The van der Waals surface area contributed by atoms with Gasteiger partial charge in [-0.3, -0.25) is 9.98 Å². The number of nitrogens with one attached hydrogen (secondary N) is 1. The van der Waals surface area contributed by atoms with E-state index in [1.54, 1.807) is 13.3 Å². The standard InChI is InChI=1S/C30H27Cl2N5O/c1-38-22-11-8-19(9-12-22)34-27-17-30-28(16-26(27)35-20-5-4-14-33-18-20)36-25-6-2-3-7-29(25)37(30)21-10-13-23(31)24(32)15-21/h2-7,10,13-19,22,35H,8-9,11-12H2,1H3. The number of rotatable bonds is 5. The number of fused-ring (bicyclic) bond motifs is 2. The van der Waals surface area contributed by atoms with Gasteiger partial charge in [-0.25, -0.2) is 4.98 Å². The molecule has 0 unspecified atom stereocenters. The second-order valence-electron chi connectivity index (χ2n) is 9.55. The fraction of sp³-hybridized carbons (Fsp3) is 0.233. The van der Waals surface area contributed by atoms with E-state index in [1.807, 2.05) is 54.7 Å². The largest absolute Gasteiger partial charge is 0.381 e. The molecule has 8 heteroatoms. The average molecular weight is 544 g/mol. The molecule has 1 N–H and O–H groups in total. The number of benzene rings is 3. The van der Waals surface area contributed by atoms with Gasteiger partial charge in [0.25, 0.3) is 0 Å². The van der Waals surface area contributed by atoms with Crippen LogP contribution in [0.15, 0.2) is 84.1 Å². The number of methoxy groups -OCH3 is 1. The number of hydrogen-bond donors (Lipinski definition) is 1. The van der Waals surface area contributed by atoms with Crippen molar-refractivity contribution in [3.63, 3.8) is 0 Å². The van der Waals surface area contributed by atoms with E-state index in [4.69, 9.17) is 37.9 Å². The van der Waals surface area contributed by atoms with Gasteiger partial charge in [-0.2, -0.15) is 0 Å². The molecule has 1 aromatic heterocycles. The average Bonchev–Trinajstić information content (AvgIpc) is 2.95. The van der Waals surface area contributed by atoms with E-state index in [9.17, 15) is 0 Å². The van der Waals surface area contributed by atoms with Crippen molar-refractivity contribution in [1.29, 1.82) is 0 Å². The molecule has 6 nitrogen and oxygen atoms in total. The zero-order valence-corrected chi connectivity index (χ0v) is 22.5. The van der Waals surface area contributed by atoms with Crippen molar-refractivity contribution < 1.29 is 4.74 Å². The van der Waals surface area contributed by atoms with Crippen LogP contribution in [0, 0.1) is 0 Å². The summed E-state index contributed by atoms with van der Waals surface area (Å²) in [5.41, 5.74) is 6.31. The molecule has 3 aromatic rings. The maximum absolute atomic E-state index is 6.46. The van der Waals surface area contributed by atoms with Gasteiger partial charge < -0.3 is 14.6 Å². The van der Waals surface area contributed by atoms with Crippen LogP contribution in [-0.2, 0) is 4.74 Å². The number of halogens is 2. The van der Waals surface area contributed by atoms with E-state index in [2.05, 4.69) is 33.1 Å². The van der Waals surface area contributed by atoms with Crippen LogP contribution in [0.4, 0.5) is 11.4 Å². The van der Waals surface area contributed by atoms with E-state index in [1.165, 1.54) is 0 Å². The summed E-state index contributed by atoms with van der Waals surface area (Å²) in [6, 6.07) is 22.1. The predicted molar refractivity (Wildman–Crippen MR) is 154 cm³/mol. The molecule has 6 rings (SSSR count). The molecule has 0 radical (unpaired) electrons. The van der Waals surface area contributed by atoms with Crippen molar-refractivity contribution in [2.24, 2.45) is 4.99 Å². The first kappa shape index (κ1) is 24.9. The van der Waals surface area contributed by atoms with Gasteiger partial charge in [-0.15, -0.1) is 0 Å². The maximum atomic E-state index is 6.46. The van der Waals surface area contributed by atoms with Crippen LogP contribution >= 0.6 is 23.2 Å². The lowest BCUT2D eigenvalue weighted by Crippen LogP contribution is -2.25. The molecule has 0 spiro atoms. The highest BCUT2D eigenvalue weighted by molar-refractivity contribution is 6.42. The molecule has 2 aliphatic carbocycles. The minimum Gasteiger partial charge on any atom is -0.381 e. The summed E-state index contributed by atoms with van der Waals surface area (Å²) in [6.45, 7) is 0. The maximum Gasteiger partial charge on any atom is 0.0900 e. The van der Waals surface area contributed by atoms with Crippen molar-refractivity contribution in [2.75, 3.05) is 12.4 Å². The first-order chi connectivity index (χ1) is 18.6. The first-order valence-corrected chi connectivity index (χ1v) is 13.5. The highest BCUT2D eigenvalue weighted by atomic mass is 35.5. The van der Waals surface area contributed by atoms with Crippen LogP contribution in [0.2, 0.25) is 10.0 Å². The predicted octanol–water partition coefficient (Wildman–Crippen LogP) is 7.43. The summed E-state index contributed by atoms with van der Waals surface area (Å²) in [5.74, 6) is 0. The molecular weight excluding hydrogens is 517 g/mol. The molecule has 1 fully saturated rings. The number of hydrogen-bond acceptors (Lipinski definition) is 5. The molecule has 0 atom stereocenters. The zero-order chi connectivity index (χ0) is 26.1. The van der Waals surface area contributed by atoms with Crippen molar-refractivity contribution >= 4 is 45.6 Å². The summed E-state index contributed by atoms with van der Waals surface area (Å²) in [4.78, 5) is 14.5. The Morgan fingerprint density at radius 2 is 1.79 bits per heavy atom. The number of para-hydroxylation sites is 2. The molecule has 2 aromatic carbocycles. The second-order valence-corrected chi connectivity index (χ2v) is 10.4. The third-order valence-corrected chi connectivity index (χ3v) is 7.84. The third-order valence-electron chi connectivity index (χ3n) is 7.10. The normalized spacial score (nSPS) is 18.2. The van der Waals surface area contributed by atoms with Gasteiger partial charge in [0.1, 0.15) is 0 Å². The Morgan fingerprint density at radius 3 is 2.55 bits per heavy atom. The number of ether oxygens (including phenoxy) is 1. The number of pyridine rings is 1. The molecule has 38 heavy (non-hydrogen) atoms. The van der Waals surface area contributed by atoms with Crippen LogP contribution in [-0.4, -0.2) is 33.8 Å². The Morgan fingerprint density at radius 1 is 0.947 bits per heavy atom. The van der Waals surface area contributed by atoms with Gasteiger partial charge in [-0.1, -0.05) is 35.3 Å². The van der Waals surface area contributed by atoms with Gasteiger partial charge in [0, 0.05) is 19.0 Å². The van der Waals surface area contributed by atoms with Gasteiger partial charge >= 0.3 is 0 Å². The van der Waals surface area contributed by atoms with Gasteiger partial charge in [0.2, 0.25) is 0 Å². The highest BCUT2D eigenvalue weighted by Gasteiger charge is 2.22. The number of anilines is 2. The number of aromatic nitrogens is 3. The molecule has 2 heterocycles. The Labute approximate surface area is 231 Å². The third kappa shape index (κ3) is 4.99. The highest BCUT2D eigenvalue weighted by Crippen LogP contribution is 2.33. The smallest absolute Gasteiger partial charge is 0.0900 e. The lowest BCUT2D eigenvalue weighted by Gasteiger charge is -2.25. The summed E-state index contributed by atoms with van der Waals surface area (Å²) in [7, 11) is 1.79. The molecule has 1 saturated carbocycles. The van der Waals surface area contributed by atoms with E-state index < -0.39 is 0 Å². The van der Waals surface area contributed by atoms with Crippen LogP contribution in [0.3, 0.4) is 0 Å². The molecule has 0 amide bonds. The lowest BCUT2D eigenvalue weighted by molar-refractivity contribution is 0.0663. The van der Waals surface area contributed by atoms with Crippen LogP contribution in [0.1, 0.15) is 25.7 Å². The Bertz CT molecular complexity index is 1630. The summed E-state index contributed by atoms with van der Waals surface area (Å²) >= 11 is 12.7. The quantitative estimate of drug-likeness (QED) is 0.234. The molecule has 192 valence electrons. The van der Waals surface area contributed by atoms with Gasteiger partial charge in [0.15, 0.2) is 0 Å². The van der Waals surface area contributed by atoms with Crippen LogP contribution in [0.25, 0.3) is 28.1 Å². The molecule has 0 saturated heterocycles. The second kappa shape index (κ2) is 10.7. The van der Waals surface area contributed by atoms with Gasteiger partial charge in [0.05, 0.1) is 67.5 Å². The van der Waals surface area contributed by atoms with Crippen molar-refractivity contribution in [1.82, 2.24) is 14.5 Å². The Balaban J connectivity index is 1.59. The minimum atomic E-state index is 0.222. The SMILES string of the molecule is COC1CCC(N=c2cc3n(-c4ccc(Cl)c(Cl)c4)c4ccccc4nc-3cc2Nc2cccnc2)CC1. The fourth-order valence-corrected chi connectivity index (χ4v) is 5.44. The first-order valence-electron chi connectivity index (χ1n) is 12.7. The summed E-state index contributed by atoms with van der Waals surface area (Å²) in [5, 5.41) is 5.43. The van der Waals surface area contributed by atoms with Crippen molar-refractivity contribution in [2.45, 2.75) is 37.8 Å². The molecule has 1 aliphatic heterocycles. The number of nitrogens with zero attached hydrogens (tertiary/aromatic N) is 4. The Hall–Kier alpha value is -3.45. The van der Waals surface area contributed by atoms with Crippen LogP contribution < -0.4 is 10.7 Å². The van der Waals surface area contributed by atoms with E-state index in [0.717, 1.165) is 70.5 Å². The van der Waals surface area contributed by atoms with Crippen molar-refractivity contribution in [3.05, 3.63) is 94.5 Å². The lowest BCUT2D eigenvalue weighted by atomic mass is 9.93. The minimum absolute atomic E-state index is 0.222. The summed E-state index contributed by atoms with van der Waals surface area (Å²) in [6.07, 6.45) is 7.90. The van der Waals surface area contributed by atoms with Crippen LogP contribution in [0.5, 0.6) is 0 Å². The molecular formula is C30H27Cl2N5O. The summed E-state index contributed by atoms with van der Waals surface area (Å²) < 4.78 is 7.76. The fourth-order valence-electron chi connectivity index (χ4n) is 5.15. The molecule has 3 aliphatic rings. The van der Waals surface area contributed by atoms with Gasteiger partial charge in [-0.05, 0) is 80.3 Å². The monoisotopic (exact) mass is 543 g/mol. The van der Waals surface area contributed by atoms with E-state index in [-0.39, 0.29) is 6.04 Å². The Kier molecular flexibility index (Phi) is 7.02. The topological polar surface area (TPSA) is 64.3 Å². The van der Waals surface area contributed by atoms with E-state index >= 15 is 0 Å². The zero-order valence-electron chi connectivity index (χ0n) is 20.9. The van der Waals surface area contributed by atoms with Crippen molar-refractivity contribution in [3.8, 4) is 17.1 Å². The molecule has 0 bridgehead atoms.